The van der Waals surface area contributed by atoms with Crippen molar-refractivity contribution in [3.05, 3.63) is 0 Å². The van der Waals surface area contributed by atoms with Crippen LogP contribution in [0.1, 0.15) is 20.8 Å². The highest BCUT2D eigenvalue weighted by Crippen LogP contribution is 1.93. The van der Waals surface area contributed by atoms with Crippen LogP contribution in [0.15, 0.2) is 0 Å². The number of aliphatic carboxylic acids is 2. The third-order valence-electron chi connectivity index (χ3n) is 0.838. The van der Waals surface area contributed by atoms with Crippen molar-refractivity contribution in [1.82, 2.24) is 0 Å². The molecule has 0 radical (unpaired) electrons. The van der Waals surface area contributed by atoms with Crippen molar-refractivity contribution in [2.75, 3.05) is 13.2 Å². The maximum atomic E-state index is 10.2. The fourth-order valence-corrected chi connectivity index (χ4v) is 0.493. The van der Waals surface area contributed by atoms with Gasteiger partial charge in [-0.1, -0.05) is 0 Å². The van der Waals surface area contributed by atoms with Gasteiger partial charge in [-0.2, -0.15) is 0 Å². The molecule has 0 aliphatic rings. The number of ether oxygens (including phenoxy) is 2. The first-order valence-electron chi connectivity index (χ1n) is 4.11. The van der Waals surface area contributed by atoms with Crippen LogP contribution in [0.4, 0.5) is 0 Å². The summed E-state index contributed by atoms with van der Waals surface area (Å²) < 4.78 is 9.44. The molecule has 14 heavy (non-hydrogen) atoms. The fraction of sp³-hybridized carbons (Fsp3) is 0.750. The number of carbonyl (C=O) groups is 2. The summed E-state index contributed by atoms with van der Waals surface area (Å²) in [5, 5.41) is 15.8. The molecule has 0 amide bonds. The van der Waals surface area contributed by atoms with Gasteiger partial charge in [-0.25, -0.2) is 4.79 Å². The first-order chi connectivity index (χ1) is 6.45. The first-order valence-corrected chi connectivity index (χ1v) is 4.11. The van der Waals surface area contributed by atoms with E-state index in [0.717, 1.165) is 6.92 Å². The van der Waals surface area contributed by atoms with Gasteiger partial charge in [0.25, 0.3) is 12.3 Å². The minimum atomic E-state index is -1.10. The van der Waals surface area contributed by atoms with Crippen LogP contribution in [0.2, 0.25) is 0 Å². The molecule has 0 unspecified atom stereocenters. The SMILES string of the molecule is CC(=O)O.CCOC(OCC)C(=O)O. The van der Waals surface area contributed by atoms with Gasteiger partial charge in [0.2, 0.25) is 0 Å². The lowest BCUT2D eigenvalue weighted by molar-refractivity contribution is -0.187. The lowest BCUT2D eigenvalue weighted by Crippen LogP contribution is -2.26. The molecular formula is C8H16O6. The number of hydrogen-bond acceptors (Lipinski definition) is 4. The Bertz CT molecular complexity index is 157. The molecule has 0 heterocycles. The van der Waals surface area contributed by atoms with E-state index in [-0.39, 0.29) is 0 Å². The van der Waals surface area contributed by atoms with E-state index < -0.39 is 18.2 Å². The summed E-state index contributed by atoms with van der Waals surface area (Å²) in [6.07, 6.45) is -1.10. The van der Waals surface area contributed by atoms with Gasteiger partial charge in [-0.05, 0) is 13.8 Å². The molecule has 84 valence electrons. The summed E-state index contributed by atoms with van der Waals surface area (Å²) >= 11 is 0. The van der Waals surface area contributed by atoms with Crippen LogP contribution in [0.3, 0.4) is 0 Å². The molecule has 0 aliphatic carbocycles. The molecule has 2 N–H and O–H groups in total. The average Bonchev–Trinajstić information content (AvgIpc) is 2.02. The van der Waals surface area contributed by atoms with E-state index in [0.29, 0.717) is 13.2 Å². The normalized spacial score (nSPS) is 9.14. The van der Waals surface area contributed by atoms with Crippen LogP contribution in [0.25, 0.3) is 0 Å². The van der Waals surface area contributed by atoms with Crippen molar-refractivity contribution in [2.45, 2.75) is 27.1 Å². The average molecular weight is 208 g/mol. The maximum absolute atomic E-state index is 10.2. The van der Waals surface area contributed by atoms with Crippen molar-refractivity contribution in [2.24, 2.45) is 0 Å². The Balaban J connectivity index is 0. The molecule has 0 saturated carbocycles. The Hall–Kier alpha value is -1.14. The van der Waals surface area contributed by atoms with Crippen molar-refractivity contribution in [3.8, 4) is 0 Å². The van der Waals surface area contributed by atoms with Crippen molar-refractivity contribution in [3.63, 3.8) is 0 Å². The first kappa shape index (κ1) is 15.3. The summed E-state index contributed by atoms with van der Waals surface area (Å²) in [5.74, 6) is -1.91. The van der Waals surface area contributed by atoms with Gasteiger partial charge in [0.1, 0.15) is 0 Å². The summed E-state index contributed by atoms with van der Waals surface area (Å²) in [4.78, 5) is 19.2. The fourth-order valence-electron chi connectivity index (χ4n) is 0.493. The summed E-state index contributed by atoms with van der Waals surface area (Å²) in [6.45, 7) is 5.21. The Morgan fingerprint density at radius 3 is 1.57 bits per heavy atom. The highest BCUT2D eigenvalue weighted by Gasteiger charge is 2.15. The smallest absolute Gasteiger partial charge is 0.361 e. The third kappa shape index (κ3) is 13.4. The Kier molecular flexibility index (Phi) is 10.9. The van der Waals surface area contributed by atoms with E-state index in [9.17, 15) is 4.79 Å². The van der Waals surface area contributed by atoms with Gasteiger partial charge < -0.3 is 19.7 Å². The molecule has 0 aromatic heterocycles. The zero-order chi connectivity index (χ0) is 11.6. The molecule has 0 fully saturated rings. The predicted octanol–water partition coefficient (Wildman–Crippen LogP) is 0.561. The standard InChI is InChI=1S/C6H12O4.C2H4O2/c1-3-9-6(5(7)8)10-4-2;1-2(3)4/h6H,3-4H2,1-2H3,(H,7,8);1H3,(H,3,4). The van der Waals surface area contributed by atoms with Crippen LogP contribution in [0, 0.1) is 0 Å². The van der Waals surface area contributed by atoms with E-state index >= 15 is 0 Å². The number of rotatable bonds is 5. The zero-order valence-corrected chi connectivity index (χ0v) is 8.52. The second-order valence-electron chi connectivity index (χ2n) is 2.10. The summed E-state index contributed by atoms with van der Waals surface area (Å²) in [7, 11) is 0. The van der Waals surface area contributed by atoms with Crippen molar-refractivity contribution in [1.29, 1.82) is 0 Å². The van der Waals surface area contributed by atoms with E-state index in [1.165, 1.54) is 0 Å². The molecule has 0 rings (SSSR count). The van der Waals surface area contributed by atoms with Gasteiger partial charge >= 0.3 is 5.97 Å². The van der Waals surface area contributed by atoms with Gasteiger partial charge in [0, 0.05) is 20.1 Å². The molecule has 6 heteroatoms. The Morgan fingerprint density at radius 2 is 1.43 bits per heavy atom. The molecule has 0 spiro atoms. The van der Waals surface area contributed by atoms with E-state index in [4.69, 9.17) is 24.5 Å². The summed E-state index contributed by atoms with van der Waals surface area (Å²) in [6, 6.07) is 0. The van der Waals surface area contributed by atoms with Crippen LogP contribution in [0.5, 0.6) is 0 Å². The molecule has 0 aromatic rings. The molecule has 6 nitrogen and oxygen atoms in total. The largest absolute Gasteiger partial charge is 0.481 e. The lowest BCUT2D eigenvalue weighted by atomic mass is 10.6. The van der Waals surface area contributed by atoms with Crippen LogP contribution >= 0.6 is 0 Å². The topological polar surface area (TPSA) is 93.1 Å². The van der Waals surface area contributed by atoms with Gasteiger partial charge in [0.05, 0.1) is 0 Å². The third-order valence-corrected chi connectivity index (χ3v) is 0.838. The molecule has 0 saturated heterocycles. The second-order valence-corrected chi connectivity index (χ2v) is 2.10. The van der Waals surface area contributed by atoms with Crippen LogP contribution in [-0.2, 0) is 19.1 Å². The number of carboxylic acids is 2. The Labute approximate surface area is 82.4 Å². The van der Waals surface area contributed by atoms with Crippen LogP contribution < -0.4 is 0 Å². The lowest BCUT2D eigenvalue weighted by Gasteiger charge is -2.10. The monoisotopic (exact) mass is 208 g/mol. The highest BCUT2D eigenvalue weighted by molar-refractivity contribution is 5.70. The molecule has 0 aliphatic heterocycles. The molecule has 0 atom stereocenters. The quantitative estimate of drug-likeness (QED) is 0.641. The molecule has 0 bridgehead atoms. The Morgan fingerprint density at radius 1 is 1.14 bits per heavy atom. The van der Waals surface area contributed by atoms with E-state index in [1.54, 1.807) is 13.8 Å². The van der Waals surface area contributed by atoms with Gasteiger partial charge in [-0.15, -0.1) is 0 Å². The molecule has 0 aromatic carbocycles. The minimum Gasteiger partial charge on any atom is -0.481 e. The second kappa shape index (κ2) is 9.94. The van der Waals surface area contributed by atoms with Gasteiger partial charge in [0.15, 0.2) is 0 Å². The maximum Gasteiger partial charge on any atom is 0.361 e. The number of hydrogen-bond donors (Lipinski definition) is 2. The minimum absolute atomic E-state index is 0.344. The van der Waals surface area contributed by atoms with Crippen molar-refractivity contribution < 1.29 is 29.3 Å². The van der Waals surface area contributed by atoms with Crippen LogP contribution in [-0.4, -0.2) is 41.7 Å². The van der Waals surface area contributed by atoms with Gasteiger partial charge in [-0.3, -0.25) is 4.79 Å². The van der Waals surface area contributed by atoms with Crippen molar-refractivity contribution >= 4 is 11.9 Å². The highest BCUT2D eigenvalue weighted by atomic mass is 16.7. The zero-order valence-electron chi connectivity index (χ0n) is 8.52. The number of carboxylic acid groups (broad SMARTS) is 2. The predicted molar refractivity (Wildman–Crippen MR) is 48.0 cm³/mol. The summed E-state index contributed by atoms with van der Waals surface area (Å²) in [5.41, 5.74) is 0. The van der Waals surface area contributed by atoms with E-state index in [1.807, 2.05) is 0 Å². The van der Waals surface area contributed by atoms with E-state index in [2.05, 4.69) is 0 Å². The molecular weight excluding hydrogens is 192 g/mol.